The number of nitrogens with zero attached hydrogens (tertiary/aromatic N) is 1. The van der Waals surface area contributed by atoms with Gasteiger partial charge in [-0.2, -0.15) is 4.31 Å². The van der Waals surface area contributed by atoms with Gasteiger partial charge >= 0.3 is 5.97 Å². The summed E-state index contributed by atoms with van der Waals surface area (Å²) in [7, 11) is -2.11. The molecule has 162 valence electrons. The lowest BCUT2D eigenvalue weighted by atomic mass is 9.95. The van der Waals surface area contributed by atoms with Crippen LogP contribution in [0.15, 0.2) is 41.3 Å². The van der Waals surface area contributed by atoms with Crippen LogP contribution in [-0.2, 0) is 26.0 Å². The Hall–Kier alpha value is -2.58. The first kappa shape index (κ1) is 22.1. The summed E-state index contributed by atoms with van der Waals surface area (Å²) >= 11 is 0. The van der Waals surface area contributed by atoms with E-state index in [1.807, 2.05) is 25.1 Å². The smallest absolute Gasteiger partial charge is 0.344 e. The highest BCUT2D eigenvalue weighted by Gasteiger charge is 2.34. The number of carbonyl (C=O) groups is 1. The van der Waals surface area contributed by atoms with Crippen LogP contribution in [-0.4, -0.2) is 45.6 Å². The van der Waals surface area contributed by atoms with Crippen molar-refractivity contribution in [1.82, 2.24) is 4.31 Å². The fraction of sp³-hybridized carbons (Fsp3) is 0.409. The van der Waals surface area contributed by atoms with Gasteiger partial charge in [0, 0.05) is 12.6 Å². The molecule has 1 aliphatic rings. The second kappa shape index (κ2) is 9.06. The van der Waals surface area contributed by atoms with Gasteiger partial charge in [0.1, 0.15) is 11.5 Å². The van der Waals surface area contributed by atoms with Crippen molar-refractivity contribution >= 4 is 16.0 Å². The van der Waals surface area contributed by atoms with Crippen LogP contribution in [0.3, 0.4) is 0 Å². The number of ether oxygens (including phenoxy) is 3. The molecule has 2 aromatic carbocycles. The van der Waals surface area contributed by atoms with Crippen molar-refractivity contribution in [1.29, 1.82) is 0 Å². The van der Waals surface area contributed by atoms with Crippen LogP contribution in [0.2, 0.25) is 0 Å². The van der Waals surface area contributed by atoms with Crippen molar-refractivity contribution < 1.29 is 27.4 Å². The second-order valence-electron chi connectivity index (χ2n) is 7.13. The monoisotopic (exact) mass is 433 g/mol. The fourth-order valence-corrected chi connectivity index (χ4v) is 5.34. The molecular formula is C22H27NO6S. The number of carbonyl (C=O) groups excluding carboxylic acids is 1. The maximum Gasteiger partial charge on any atom is 0.344 e. The maximum absolute atomic E-state index is 13.4. The molecule has 2 aromatic rings. The lowest BCUT2D eigenvalue weighted by Gasteiger charge is -2.34. The Morgan fingerprint density at radius 2 is 1.97 bits per heavy atom. The van der Waals surface area contributed by atoms with Gasteiger partial charge in [0.25, 0.3) is 0 Å². The predicted molar refractivity (Wildman–Crippen MR) is 112 cm³/mol. The van der Waals surface area contributed by atoms with Crippen LogP contribution >= 0.6 is 0 Å². The Labute approximate surface area is 177 Å². The zero-order chi connectivity index (χ0) is 21.9. The zero-order valence-electron chi connectivity index (χ0n) is 17.7. The molecule has 0 saturated carbocycles. The van der Waals surface area contributed by atoms with Crippen LogP contribution in [0, 0.1) is 6.92 Å². The van der Waals surface area contributed by atoms with Gasteiger partial charge in [-0.15, -0.1) is 0 Å². The quantitative estimate of drug-likeness (QED) is 0.624. The van der Waals surface area contributed by atoms with Crippen molar-refractivity contribution in [3.05, 3.63) is 53.1 Å². The molecule has 7 nitrogen and oxygen atoms in total. The van der Waals surface area contributed by atoms with Crippen LogP contribution < -0.4 is 9.47 Å². The zero-order valence-corrected chi connectivity index (χ0v) is 18.5. The van der Waals surface area contributed by atoms with E-state index < -0.39 is 16.0 Å². The summed E-state index contributed by atoms with van der Waals surface area (Å²) in [4.78, 5) is 11.7. The molecule has 1 unspecified atom stereocenters. The first-order valence-electron chi connectivity index (χ1n) is 9.85. The van der Waals surface area contributed by atoms with Gasteiger partial charge < -0.3 is 14.2 Å². The molecule has 8 heteroatoms. The summed E-state index contributed by atoms with van der Waals surface area (Å²) < 4.78 is 43.8. The predicted octanol–water partition coefficient (Wildman–Crippen LogP) is 3.25. The topological polar surface area (TPSA) is 82.1 Å². The average Bonchev–Trinajstić information content (AvgIpc) is 2.73. The molecule has 0 N–H and O–H groups in total. The van der Waals surface area contributed by atoms with E-state index in [0.29, 0.717) is 30.0 Å². The van der Waals surface area contributed by atoms with Gasteiger partial charge in [-0.05, 0) is 74.2 Å². The molecule has 0 spiro atoms. The molecule has 1 atom stereocenters. The van der Waals surface area contributed by atoms with Gasteiger partial charge in [0.05, 0.1) is 18.6 Å². The number of methoxy groups -OCH3 is 1. The number of fused-ring (bicyclic) bond motifs is 1. The van der Waals surface area contributed by atoms with E-state index in [0.717, 1.165) is 11.1 Å². The Bertz CT molecular complexity index is 1030. The van der Waals surface area contributed by atoms with Gasteiger partial charge in [-0.3, -0.25) is 0 Å². The van der Waals surface area contributed by atoms with Crippen LogP contribution in [0.25, 0.3) is 0 Å². The molecule has 0 aromatic heterocycles. The molecule has 1 aliphatic heterocycles. The third-order valence-electron chi connectivity index (χ3n) is 5.24. The number of sulfonamides is 1. The van der Waals surface area contributed by atoms with E-state index in [-0.39, 0.29) is 24.2 Å². The van der Waals surface area contributed by atoms with Crippen molar-refractivity contribution in [2.75, 3.05) is 26.9 Å². The van der Waals surface area contributed by atoms with E-state index in [2.05, 4.69) is 0 Å². The first-order valence-corrected chi connectivity index (χ1v) is 11.3. The highest BCUT2D eigenvalue weighted by atomic mass is 32.2. The summed E-state index contributed by atoms with van der Waals surface area (Å²) in [6.07, 6.45) is 0.641. The van der Waals surface area contributed by atoms with Crippen LogP contribution in [0.4, 0.5) is 0 Å². The summed E-state index contributed by atoms with van der Waals surface area (Å²) in [6, 6.07) is 10.1. The standard InChI is InChI=1S/C22H27NO6S/c1-5-28-22(24)14-29-21-9-8-19(12-15(21)2)30(25,26)23-11-10-17-6-7-18(27-4)13-20(17)16(23)3/h6-9,12-13,16H,5,10-11,14H2,1-4H3. The lowest BCUT2D eigenvalue weighted by molar-refractivity contribution is -0.145. The molecule has 30 heavy (non-hydrogen) atoms. The lowest BCUT2D eigenvalue weighted by Crippen LogP contribution is -2.38. The fourth-order valence-electron chi connectivity index (χ4n) is 3.64. The molecule has 0 aliphatic carbocycles. The minimum absolute atomic E-state index is 0.196. The van der Waals surface area contributed by atoms with Gasteiger partial charge in [-0.1, -0.05) is 6.07 Å². The number of hydrogen-bond acceptors (Lipinski definition) is 6. The van der Waals surface area contributed by atoms with Crippen LogP contribution in [0.5, 0.6) is 11.5 Å². The SMILES string of the molecule is CCOC(=O)COc1ccc(S(=O)(=O)N2CCc3ccc(OC)cc3C2C)cc1C. The second-order valence-corrected chi connectivity index (χ2v) is 9.02. The molecule has 1 heterocycles. The van der Waals surface area contributed by atoms with Crippen molar-refractivity contribution in [3.8, 4) is 11.5 Å². The van der Waals surface area contributed by atoms with Gasteiger partial charge in [0.15, 0.2) is 6.61 Å². The first-order chi connectivity index (χ1) is 14.3. The minimum Gasteiger partial charge on any atom is -0.497 e. The number of esters is 1. The highest BCUT2D eigenvalue weighted by molar-refractivity contribution is 7.89. The minimum atomic E-state index is -3.71. The summed E-state index contributed by atoms with van der Waals surface area (Å²) in [5, 5.41) is 0. The summed E-state index contributed by atoms with van der Waals surface area (Å²) in [5.74, 6) is 0.687. The number of rotatable bonds is 7. The number of hydrogen-bond donors (Lipinski definition) is 0. The third kappa shape index (κ3) is 4.44. The van der Waals surface area contributed by atoms with E-state index in [9.17, 15) is 13.2 Å². The highest BCUT2D eigenvalue weighted by Crippen LogP contribution is 2.36. The Morgan fingerprint density at radius 3 is 2.63 bits per heavy atom. The molecular weight excluding hydrogens is 406 g/mol. The van der Waals surface area contributed by atoms with Crippen LogP contribution in [0.1, 0.15) is 36.6 Å². The Balaban J connectivity index is 1.83. The third-order valence-corrected chi connectivity index (χ3v) is 7.21. The number of aryl methyl sites for hydroxylation is 1. The van der Waals surface area contributed by atoms with E-state index in [1.54, 1.807) is 33.1 Å². The molecule has 0 amide bonds. The summed E-state index contributed by atoms with van der Waals surface area (Å²) in [5.41, 5.74) is 2.72. The largest absolute Gasteiger partial charge is 0.497 e. The van der Waals surface area contributed by atoms with Gasteiger partial charge in [-0.25, -0.2) is 13.2 Å². The van der Waals surface area contributed by atoms with Crippen molar-refractivity contribution in [3.63, 3.8) is 0 Å². The van der Waals surface area contributed by atoms with E-state index in [4.69, 9.17) is 14.2 Å². The van der Waals surface area contributed by atoms with Gasteiger partial charge in [0.2, 0.25) is 10.0 Å². The van der Waals surface area contributed by atoms with E-state index in [1.165, 1.54) is 10.4 Å². The maximum atomic E-state index is 13.4. The van der Waals surface area contributed by atoms with E-state index >= 15 is 0 Å². The molecule has 3 rings (SSSR count). The van der Waals surface area contributed by atoms with Crippen molar-refractivity contribution in [2.24, 2.45) is 0 Å². The average molecular weight is 434 g/mol. The molecule has 0 saturated heterocycles. The number of benzene rings is 2. The molecule has 0 radical (unpaired) electrons. The molecule has 0 bridgehead atoms. The Kier molecular flexibility index (Phi) is 6.67. The molecule has 0 fully saturated rings. The van der Waals surface area contributed by atoms with Crippen molar-refractivity contribution in [2.45, 2.75) is 38.1 Å². The normalized spacial score (nSPS) is 16.6. The Morgan fingerprint density at radius 1 is 1.20 bits per heavy atom. The summed E-state index contributed by atoms with van der Waals surface area (Å²) in [6.45, 7) is 5.82.